The predicted octanol–water partition coefficient (Wildman–Crippen LogP) is 2.90. The van der Waals surface area contributed by atoms with Gasteiger partial charge in [-0.05, 0) is 42.7 Å². The minimum Gasteiger partial charge on any atom is -0.359 e. The summed E-state index contributed by atoms with van der Waals surface area (Å²) < 4.78 is 0. The van der Waals surface area contributed by atoms with Crippen molar-refractivity contribution in [1.82, 2.24) is 4.98 Å². The van der Waals surface area contributed by atoms with Crippen LogP contribution in [0, 0.1) is 5.41 Å². The maximum atomic E-state index is 5.92. The average molecular weight is 261 g/mol. The van der Waals surface area contributed by atoms with Gasteiger partial charge in [-0.15, -0.1) is 0 Å². The Bertz CT molecular complexity index is 446. The molecular formula is C16H27N3. The molecule has 0 aromatic carbocycles. The lowest BCUT2D eigenvalue weighted by atomic mass is 9.93. The smallest absolute Gasteiger partial charge is 0.133 e. The SMILES string of the molecule is CN(CC(C)(C)C)c1nc2c(cc1CN)CCCC2. The minimum atomic E-state index is 0.262. The second-order valence-corrected chi connectivity index (χ2v) is 6.90. The van der Waals surface area contributed by atoms with Crippen LogP contribution >= 0.6 is 0 Å². The third-order valence-corrected chi connectivity index (χ3v) is 3.65. The molecule has 106 valence electrons. The fraction of sp³-hybridized carbons (Fsp3) is 0.688. The van der Waals surface area contributed by atoms with Gasteiger partial charge in [0.05, 0.1) is 0 Å². The van der Waals surface area contributed by atoms with Crippen LogP contribution in [0.4, 0.5) is 5.82 Å². The van der Waals surface area contributed by atoms with Gasteiger partial charge in [0, 0.05) is 31.4 Å². The monoisotopic (exact) mass is 261 g/mol. The molecule has 1 aliphatic carbocycles. The van der Waals surface area contributed by atoms with Crippen LogP contribution in [0.1, 0.15) is 50.4 Å². The van der Waals surface area contributed by atoms with E-state index in [0.717, 1.165) is 18.8 Å². The fourth-order valence-electron chi connectivity index (χ4n) is 2.94. The van der Waals surface area contributed by atoms with Gasteiger partial charge in [-0.1, -0.05) is 20.8 Å². The van der Waals surface area contributed by atoms with Crippen LogP contribution in [0.25, 0.3) is 0 Å². The second kappa shape index (κ2) is 5.49. The number of hydrogen-bond donors (Lipinski definition) is 1. The highest BCUT2D eigenvalue weighted by Gasteiger charge is 2.20. The molecule has 0 atom stereocenters. The normalized spacial score (nSPS) is 15.2. The van der Waals surface area contributed by atoms with Crippen molar-refractivity contribution in [3.05, 3.63) is 22.9 Å². The largest absolute Gasteiger partial charge is 0.359 e. The van der Waals surface area contributed by atoms with Gasteiger partial charge in [-0.2, -0.15) is 0 Å². The Morgan fingerprint density at radius 2 is 1.95 bits per heavy atom. The van der Waals surface area contributed by atoms with Gasteiger partial charge in [0.2, 0.25) is 0 Å². The lowest BCUT2D eigenvalue weighted by molar-refractivity contribution is 0.417. The summed E-state index contributed by atoms with van der Waals surface area (Å²) in [7, 11) is 2.13. The highest BCUT2D eigenvalue weighted by atomic mass is 15.2. The fourth-order valence-corrected chi connectivity index (χ4v) is 2.94. The average Bonchev–Trinajstić information content (AvgIpc) is 2.35. The van der Waals surface area contributed by atoms with Gasteiger partial charge >= 0.3 is 0 Å². The highest BCUT2D eigenvalue weighted by Crippen LogP contribution is 2.27. The minimum absolute atomic E-state index is 0.262. The van der Waals surface area contributed by atoms with E-state index in [2.05, 4.69) is 38.8 Å². The molecule has 1 heterocycles. The van der Waals surface area contributed by atoms with Crippen molar-refractivity contribution in [3.63, 3.8) is 0 Å². The van der Waals surface area contributed by atoms with Crippen LogP contribution in [-0.2, 0) is 19.4 Å². The Morgan fingerprint density at radius 1 is 1.26 bits per heavy atom. The van der Waals surface area contributed by atoms with Crippen LogP contribution in [0.5, 0.6) is 0 Å². The van der Waals surface area contributed by atoms with Crippen LogP contribution < -0.4 is 10.6 Å². The Morgan fingerprint density at radius 3 is 2.58 bits per heavy atom. The molecular weight excluding hydrogens is 234 g/mol. The Hall–Kier alpha value is -1.09. The topological polar surface area (TPSA) is 42.2 Å². The molecule has 0 bridgehead atoms. The Kier molecular flexibility index (Phi) is 4.14. The first-order valence-electron chi connectivity index (χ1n) is 7.33. The van der Waals surface area contributed by atoms with E-state index in [1.54, 1.807) is 0 Å². The van der Waals surface area contributed by atoms with Crippen LogP contribution in [0.15, 0.2) is 6.07 Å². The molecule has 2 rings (SSSR count). The summed E-state index contributed by atoms with van der Waals surface area (Å²) in [5.74, 6) is 1.08. The van der Waals surface area contributed by atoms with Gasteiger partial charge in [-0.3, -0.25) is 0 Å². The van der Waals surface area contributed by atoms with Gasteiger partial charge in [-0.25, -0.2) is 4.98 Å². The van der Waals surface area contributed by atoms with E-state index >= 15 is 0 Å². The molecule has 0 radical (unpaired) electrons. The van der Waals surface area contributed by atoms with Crippen molar-refractivity contribution in [1.29, 1.82) is 0 Å². The first-order chi connectivity index (χ1) is 8.90. The highest BCUT2D eigenvalue weighted by molar-refractivity contribution is 5.50. The Balaban J connectivity index is 2.33. The summed E-state index contributed by atoms with van der Waals surface area (Å²) in [4.78, 5) is 7.18. The Labute approximate surface area is 117 Å². The first-order valence-corrected chi connectivity index (χ1v) is 7.33. The molecule has 3 nitrogen and oxygen atoms in total. The summed E-state index contributed by atoms with van der Waals surface area (Å²) in [6, 6.07) is 2.29. The quantitative estimate of drug-likeness (QED) is 0.909. The predicted molar refractivity (Wildman–Crippen MR) is 81.5 cm³/mol. The van der Waals surface area contributed by atoms with Crippen LogP contribution in [0.2, 0.25) is 0 Å². The summed E-state index contributed by atoms with van der Waals surface area (Å²) in [5, 5.41) is 0. The number of anilines is 1. The van der Waals surface area contributed by atoms with Gasteiger partial charge in [0.25, 0.3) is 0 Å². The first kappa shape index (κ1) is 14.3. The third-order valence-electron chi connectivity index (χ3n) is 3.65. The zero-order chi connectivity index (χ0) is 14.0. The number of aryl methyl sites for hydroxylation is 2. The number of nitrogens with two attached hydrogens (primary N) is 1. The molecule has 0 aliphatic heterocycles. The molecule has 1 aromatic heterocycles. The van der Waals surface area contributed by atoms with Gasteiger partial charge in [0.15, 0.2) is 0 Å². The number of fused-ring (bicyclic) bond motifs is 1. The third kappa shape index (κ3) is 3.47. The van der Waals surface area contributed by atoms with E-state index < -0.39 is 0 Å². The maximum Gasteiger partial charge on any atom is 0.133 e. The zero-order valence-corrected chi connectivity index (χ0v) is 12.8. The van der Waals surface area contributed by atoms with E-state index in [4.69, 9.17) is 10.7 Å². The van der Waals surface area contributed by atoms with Crippen molar-refractivity contribution < 1.29 is 0 Å². The molecule has 19 heavy (non-hydrogen) atoms. The molecule has 0 spiro atoms. The van der Waals surface area contributed by atoms with E-state index in [-0.39, 0.29) is 5.41 Å². The molecule has 1 aromatic rings. The van der Waals surface area contributed by atoms with Crippen LogP contribution in [0.3, 0.4) is 0 Å². The van der Waals surface area contributed by atoms with Crippen molar-refractivity contribution in [2.75, 3.05) is 18.5 Å². The molecule has 0 saturated carbocycles. The van der Waals surface area contributed by atoms with Crippen molar-refractivity contribution in [2.24, 2.45) is 11.1 Å². The van der Waals surface area contributed by atoms with Gasteiger partial charge in [0.1, 0.15) is 5.82 Å². The van der Waals surface area contributed by atoms with Gasteiger partial charge < -0.3 is 10.6 Å². The molecule has 0 unspecified atom stereocenters. The van der Waals surface area contributed by atoms with E-state index in [1.807, 2.05) is 0 Å². The number of pyridine rings is 1. The number of hydrogen-bond acceptors (Lipinski definition) is 3. The summed E-state index contributed by atoms with van der Waals surface area (Å²) >= 11 is 0. The van der Waals surface area contributed by atoms with Crippen molar-refractivity contribution in [3.8, 4) is 0 Å². The van der Waals surface area contributed by atoms with E-state index in [1.165, 1.54) is 36.1 Å². The van der Waals surface area contributed by atoms with Crippen molar-refractivity contribution in [2.45, 2.75) is 53.0 Å². The molecule has 1 aliphatic rings. The number of aromatic nitrogens is 1. The summed E-state index contributed by atoms with van der Waals surface area (Å²) in [6.07, 6.45) is 4.84. The van der Waals surface area contributed by atoms with E-state index in [0.29, 0.717) is 6.54 Å². The molecule has 0 amide bonds. The lowest BCUT2D eigenvalue weighted by Crippen LogP contribution is -2.31. The number of nitrogens with zero attached hydrogens (tertiary/aromatic N) is 2. The van der Waals surface area contributed by atoms with E-state index in [9.17, 15) is 0 Å². The second-order valence-electron chi connectivity index (χ2n) is 6.90. The summed E-state index contributed by atoms with van der Waals surface area (Å²) in [6.45, 7) is 8.33. The number of rotatable bonds is 3. The molecule has 0 saturated heterocycles. The lowest BCUT2D eigenvalue weighted by Gasteiger charge is -2.30. The zero-order valence-electron chi connectivity index (χ0n) is 12.8. The maximum absolute atomic E-state index is 5.92. The van der Waals surface area contributed by atoms with Crippen molar-refractivity contribution >= 4 is 5.82 Å². The van der Waals surface area contributed by atoms with Crippen LogP contribution in [-0.4, -0.2) is 18.6 Å². The molecule has 2 N–H and O–H groups in total. The standard InChI is InChI=1S/C16H27N3/c1-16(2,3)11-19(4)15-13(10-17)9-12-7-5-6-8-14(12)18-15/h9H,5-8,10-11,17H2,1-4H3. The summed E-state index contributed by atoms with van der Waals surface area (Å²) in [5.41, 5.74) is 10.1. The molecule has 0 fully saturated rings. The molecule has 3 heteroatoms.